The largest absolute Gasteiger partial charge is 0.488 e. The molecule has 1 aromatic heterocycles. The molecule has 0 saturated carbocycles. The second kappa shape index (κ2) is 6.98. The standard InChI is InChI=1S/C21H18Cl2O3/c1-12-8-18(25-11-13-6-7-14(22)10-17(13)23)20-15-4-2-3-5-16(15)21(24)26-19(20)9-12/h6-10H,2-5,11H2,1H3. The Morgan fingerprint density at radius 2 is 1.85 bits per heavy atom. The highest BCUT2D eigenvalue weighted by atomic mass is 35.5. The average molecular weight is 389 g/mol. The van der Waals surface area contributed by atoms with Crippen LogP contribution < -0.4 is 10.4 Å². The van der Waals surface area contributed by atoms with Crippen molar-refractivity contribution < 1.29 is 9.15 Å². The smallest absolute Gasteiger partial charge is 0.339 e. The van der Waals surface area contributed by atoms with Gasteiger partial charge < -0.3 is 9.15 Å². The minimum atomic E-state index is -0.218. The fourth-order valence-electron chi connectivity index (χ4n) is 3.57. The van der Waals surface area contributed by atoms with Crippen molar-refractivity contribution in [1.29, 1.82) is 0 Å². The molecule has 3 aromatic rings. The second-order valence-electron chi connectivity index (χ2n) is 6.71. The summed E-state index contributed by atoms with van der Waals surface area (Å²) in [7, 11) is 0. The number of aryl methyl sites for hydroxylation is 2. The lowest BCUT2D eigenvalue weighted by Crippen LogP contribution is -2.16. The first-order chi connectivity index (χ1) is 12.5. The van der Waals surface area contributed by atoms with Gasteiger partial charge in [0.25, 0.3) is 0 Å². The number of fused-ring (bicyclic) bond motifs is 3. The monoisotopic (exact) mass is 388 g/mol. The second-order valence-corrected chi connectivity index (χ2v) is 7.56. The Balaban J connectivity index is 1.80. The summed E-state index contributed by atoms with van der Waals surface area (Å²) in [5, 5.41) is 2.08. The molecule has 134 valence electrons. The molecule has 4 rings (SSSR count). The van der Waals surface area contributed by atoms with Crippen LogP contribution in [0.2, 0.25) is 10.0 Å². The van der Waals surface area contributed by atoms with Crippen LogP contribution in [0.15, 0.2) is 39.5 Å². The predicted octanol–water partition coefficient (Wildman–Crippen LogP) is 5.87. The zero-order valence-corrected chi connectivity index (χ0v) is 15.9. The van der Waals surface area contributed by atoms with Gasteiger partial charge in [0.05, 0.1) is 5.39 Å². The molecule has 2 aromatic carbocycles. The highest BCUT2D eigenvalue weighted by Crippen LogP contribution is 2.35. The van der Waals surface area contributed by atoms with Gasteiger partial charge in [0.2, 0.25) is 0 Å². The highest BCUT2D eigenvalue weighted by Gasteiger charge is 2.21. The van der Waals surface area contributed by atoms with Crippen molar-refractivity contribution in [2.75, 3.05) is 0 Å². The van der Waals surface area contributed by atoms with Crippen molar-refractivity contribution in [3.05, 3.63) is 73.1 Å². The van der Waals surface area contributed by atoms with Crippen LogP contribution >= 0.6 is 23.2 Å². The van der Waals surface area contributed by atoms with Crippen LogP contribution in [0, 0.1) is 6.92 Å². The minimum absolute atomic E-state index is 0.218. The molecule has 0 atom stereocenters. The molecule has 0 radical (unpaired) electrons. The lowest BCUT2D eigenvalue weighted by Gasteiger charge is -2.19. The van der Waals surface area contributed by atoms with Gasteiger partial charge in [-0.2, -0.15) is 0 Å². The van der Waals surface area contributed by atoms with Gasteiger partial charge in [-0.15, -0.1) is 0 Å². The summed E-state index contributed by atoms with van der Waals surface area (Å²) in [6.07, 6.45) is 3.73. The van der Waals surface area contributed by atoms with Crippen LogP contribution in [0.25, 0.3) is 11.0 Å². The Bertz CT molecular complexity index is 1050. The van der Waals surface area contributed by atoms with Crippen molar-refractivity contribution in [1.82, 2.24) is 0 Å². The molecular weight excluding hydrogens is 371 g/mol. The summed E-state index contributed by atoms with van der Waals surface area (Å²) >= 11 is 12.2. The van der Waals surface area contributed by atoms with Gasteiger partial charge in [-0.1, -0.05) is 29.3 Å². The normalized spacial score (nSPS) is 13.7. The number of halogens is 2. The SMILES string of the molecule is Cc1cc(OCc2ccc(Cl)cc2Cl)c2c3c(c(=O)oc2c1)CCCC3. The summed E-state index contributed by atoms with van der Waals surface area (Å²) in [6, 6.07) is 9.24. The maximum absolute atomic E-state index is 12.3. The van der Waals surface area contributed by atoms with Crippen molar-refractivity contribution in [2.24, 2.45) is 0 Å². The molecule has 1 aliphatic rings. The van der Waals surface area contributed by atoms with Gasteiger partial charge in [0.15, 0.2) is 0 Å². The van der Waals surface area contributed by atoms with Crippen LogP contribution in [0.5, 0.6) is 5.75 Å². The quantitative estimate of drug-likeness (QED) is 0.526. The number of ether oxygens (including phenoxy) is 1. The third-order valence-corrected chi connectivity index (χ3v) is 5.41. The zero-order valence-electron chi connectivity index (χ0n) is 14.4. The van der Waals surface area contributed by atoms with E-state index in [9.17, 15) is 4.79 Å². The topological polar surface area (TPSA) is 39.4 Å². The maximum atomic E-state index is 12.3. The van der Waals surface area contributed by atoms with Gasteiger partial charge in [0.1, 0.15) is 17.9 Å². The lowest BCUT2D eigenvalue weighted by molar-refractivity contribution is 0.309. The van der Waals surface area contributed by atoms with Crippen LogP contribution in [0.4, 0.5) is 0 Å². The van der Waals surface area contributed by atoms with E-state index in [1.54, 1.807) is 12.1 Å². The summed E-state index contributed by atoms with van der Waals surface area (Å²) in [4.78, 5) is 12.3. The molecule has 0 amide bonds. The fourth-order valence-corrected chi connectivity index (χ4v) is 4.04. The van der Waals surface area contributed by atoms with E-state index in [1.165, 1.54) is 0 Å². The van der Waals surface area contributed by atoms with Crippen LogP contribution in [0.1, 0.15) is 35.1 Å². The molecule has 1 heterocycles. The molecule has 0 spiro atoms. The Kier molecular flexibility index (Phi) is 4.68. The fraction of sp³-hybridized carbons (Fsp3) is 0.286. The minimum Gasteiger partial charge on any atom is -0.488 e. The number of benzene rings is 2. The first kappa shape index (κ1) is 17.4. The summed E-state index contributed by atoms with van der Waals surface area (Å²) < 4.78 is 11.7. The first-order valence-electron chi connectivity index (χ1n) is 8.69. The van der Waals surface area contributed by atoms with Crippen LogP contribution in [0.3, 0.4) is 0 Å². The summed E-state index contributed by atoms with van der Waals surface area (Å²) in [5.74, 6) is 0.730. The molecule has 1 aliphatic carbocycles. The molecular formula is C21H18Cl2O3. The van der Waals surface area contributed by atoms with Gasteiger partial charge >= 0.3 is 5.63 Å². The summed E-state index contributed by atoms with van der Waals surface area (Å²) in [5.41, 5.74) is 4.07. The lowest BCUT2D eigenvalue weighted by atomic mass is 9.90. The first-order valence-corrected chi connectivity index (χ1v) is 9.44. The summed E-state index contributed by atoms with van der Waals surface area (Å²) in [6.45, 7) is 2.28. The molecule has 3 nitrogen and oxygen atoms in total. The van der Waals surface area contributed by atoms with E-state index in [0.717, 1.165) is 59.1 Å². The molecule has 0 saturated heterocycles. The number of hydrogen-bond donors (Lipinski definition) is 0. The average Bonchev–Trinajstić information content (AvgIpc) is 2.60. The van der Waals surface area contributed by atoms with E-state index >= 15 is 0 Å². The van der Waals surface area contributed by atoms with E-state index in [0.29, 0.717) is 22.2 Å². The number of hydrogen-bond acceptors (Lipinski definition) is 3. The van der Waals surface area contributed by atoms with Crippen molar-refractivity contribution in [2.45, 2.75) is 39.2 Å². The van der Waals surface area contributed by atoms with Crippen molar-refractivity contribution in [3.63, 3.8) is 0 Å². The van der Waals surface area contributed by atoms with E-state index in [4.69, 9.17) is 32.4 Å². The third kappa shape index (κ3) is 3.22. The molecule has 0 aliphatic heterocycles. The predicted molar refractivity (Wildman–Crippen MR) is 105 cm³/mol. The van der Waals surface area contributed by atoms with Gasteiger partial charge in [0, 0.05) is 21.2 Å². The molecule has 0 unspecified atom stereocenters. The maximum Gasteiger partial charge on any atom is 0.339 e. The van der Waals surface area contributed by atoms with Crippen LogP contribution in [-0.2, 0) is 19.4 Å². The number of rotatable bonds is 3. The Labute approximate surface area is 161 Å². The van der Waals surface area contributed by atoms with E-state index in [-0.39, 0.29) is 5.63 Å². The van der Waals surface area contributed by atoms with E-state index < -0.39 is 0 Å². The molecule has 0 bridgehead atoms. The molecule has 5 heteroatoms. The van der Waals surface area contributed by atoms with Gasteiger partial charge in [-0.25, -0.2) is 4.79 Å². The third-order valence-electron chi connectivity index (χ3n) is 4.83. The molecule has 26 heavy (non-hydrogen) atoms. The highest BCUT2D eigenvalue weighted by molar-refractivity contribution is 6.35. The van der Waals surface area contributed by atoms with E-state index in [1.807, 2.05) is 25.1 Å². The van der Waals surface area contributed by atoms with Gasteiger partial charge in [-0.3, -0.25) is 0 Å². The van der Waals surface area contributed by atoms with Gasteiger partial charge in [-0.05, 0) is 68.0 Å². The molecule has 0 fully saturated rings. The zero-order chi connectivity index (χ0) is 18.3. The van der Waals surface area contributed by atoms with Crippen LogP contribution in [-0.4, -0.2) is 0 Å². The Morgan fingerprint density at radius 3 is 2.62 bits per heavy atom. The Morgan fingerprint density at radius 1 is 1.08 bits per heavy atom. The van der Waals surface area contributed by atoms with Crippen molar-refractivity contribution >= 4 is 34.2 Å². The Hall–Kier alpha value is -1.97. The van der Waals surface area contributed by atoms with Crippen molar-refractivity contribution in [3.8, 4) is 5.75 Å². The molecule has 0 N–H and O–H groups in total. The van der Waals surface area contributed by atoms with E-state index in [2.05, 4.69) is 0 Å².